The van der Waals surface area contributed by atoms with Gasteiger partial charge in [-0.1, -0.05) is 39.8 Å². The predicted molar refractivity (Wildman–Crippen MR) is 154 cm³/mol. The van der Waals surface area contributed by atoms with Gasteiger partial charge in [0.25, 0.3) is 5.91 Å². The second kappa shape index (κ2) is 10.1. The van der Waals surface area contributed by atoms with Crippen LogP contribution in [0.2, 0.25) is 0 Å². The monoisotopic (exact) mass is 565 g/mol. The number of imide groups is 1. The molecule has 0 spiro atoms. The third kappa shape index (κ3) is 4.35. The molecule has 4 N–H and O–H groups in total. The topological polar surface area (TPSA) is 139 Å². The molecule has 1 aromatic rings. The first-order valence-corrected chi connectivity index (χ1v) is 14.8. The van der Waals surface area contributed by atoms with E-state index in [2.05, 4.69) is 32.7 Å². The summed E-state index contributed by atoms with van der Waals surface area (Å²) >= 11 is 0. The molecule has 0 saturated heterocycles. The SMILES string of the molecule is C=C[C@]1(C)C[C@@H](OC(=O)N2Cc3ccc(NC(=O)[C@H](C)N)cc3C2=O)[C@]2(C)[C@H](C)CC[C@]3(CCC(=O)[C@H]32)[C@@H](C)[C@@H]1O. The average molecular weight is 566 g/mol. The number of Topliss-reactive ketones (excluding diaryl/α,β-unsaturated/α-hetero) is 1. The Balaban J connectivity index is 1.47. The number of carbonyl (C=O) groups excluding carboxylic acids is 4. The van der Waals surface area contributed by atoms with Gasteiger partial charge in [0.2, 0.25) is 5.91 Å². The number of carbonyl (C=O) groups is 4. The first kappa shape index (κ1) is 29.5. The van der Waals surface area contributed by atoms with Crippen LogP contribution in [-0.4, -0.2) is 51.9 Å². The minimum Gasteiger partial charge on any atom is -0.445 e. The number of nitrogens with zero attached hydrogens (tertiary/aromatic N) is 1. The third-order valence-corrected chi connectivity index (χ3v) is 11.4. The van der Waals surface area contributed by atoms with Gasteiger partial charge in [0.05, 0.1) is 18.7 Å². The highest BCUT2D eigenvalue weighted by Gasteiger charge is 2.68. The van der Waals surface area contributed by atoms with Crippen molar-refractivity contribution in [3.05, 3.63) is 42.0 Å². The second-order valence-electron chi connectivity index (χ2n) is 13.5. The molecule has 1 aromatic carbocycles. The van der Waals surface area contributed by atoms with Crippen molar-refractivity contribution in [2.24, 2.45) is 39.7 Å². The molecule has 3 aliphatic carbocycles. The van der Waals surface area contributed by atoms with Gasteiger partial charge in [-0.15, -0.1) is 6.58 Å². The van der Waals surface area contributed by atoms with E-state index < -0.39 is 41.1 Å². The number of aliphatic hydroxyl groups is 1. The molecule has 9 atom stereocenters. The zero-order chi connectivity index (χ0) is 30.1. The predicted octanol–water partition coefficient (Wildman–Crippen LogP) is 4.43. The van der Waals surface area contributed by atoms with Gasteiger partial charge in [-0.05, 0) is 67.6 Å². The summed E-state index contributed by atoms with van der Waals surface area (Å²) in [6.45, 7) is 13.8. The van der Waals surface area contributed by atoms with Gasteiger partial charge < -0.3 is 20.9 Å². The van der Waals surface area contributed by atoms with Crippen LogP contribution in [-0.2, 0) is 20.9 Å². The smallest absolute Gasteiger partial charge is 0.417 e. The number of amides is 3. The van der Waals surface area contributed by atoms with E-state index in [1.165, 1.54) is 0 Å². The van der Waals surface area contributed by atoms with Gasteiger partial charge in [0.15, 0.2) is 0 Å². The molecule has 0 radical (unpaired) electrons. The van der Waals surface area contributed by atoms with Crippen molar-refractivity contribution in [3.63, 3.8) is 0 Å². The highest BCUT2D eigenvalue weighted by molar-refractivity contribution is 6.07. The lowest BCUT2D eigenvalue weighted by Gasteiger charge is -2.61. The maximum atomic E-state index is 13.8. The molecule has 3 saturated carbocycles. The molecule has 9 nitrogen and oxygen atoms in total. The van der Waals surface area contributed by atoms with E-state index in [9.17, 15) is 24.3 Å². The highest BCUT2D eigenvalue weighted by atomic mass is 16.6. The summed E-state index contributed by atoms with van der Waals surface area (Å²) in [7, 11) is 0. The summed E-state index contributed by atoms with van der Waals surface area (Å²) in [5.74, 6) is -1.12. The fourth-order valence-corrected chi connectivity index (χ4v) is 8.47. The molecular formula is C32H43N3O6. The van der Waals surface area contributed by atoms with E-state index in [-0.39, 0.29) is 47.8 Å². The Labute approximate surface area is 241 Å². The fraction of sp³-hybridized carbons (Fsp3) is 0.625. The second-order valence-corrected chi connectivity index (χ2v) is 13.5. The van der Waals surface area contributed by atoms with E-state index in [0.717, 1.165) is 17.7 Å². The first-order chi connectivity index (χ1) is 19.2. The highest BCUT2D eigenvalue weighted by Crippen LogP contribution is 2.68. The standard InChI is InChI=1S/C32H43N3O6/c1-7-30(5)15-24(31(6)17(2)10-12-32(18(3)26(30)37)13-11-23(36)25(31)32)41-29(40)35-16-20-8-9-21(14-22(20)28(35)39)34-27(38)19(4)33/h7-9,14,17-19,24-26,37H,1,10-13,15-16,33H2,2-6H3,(H,34,38)/t17-,18+,19+,24-,25+,26+,30-,31+,32+/m1/s1. The Bertz CT molecular complexity index is 1310. The van der Waals surface area contributed by atoms with Crippen LogP contribution in [0.3, 0.4) is 0 Å². The first-order valence-electron chi connectivity index (χ1n) is 14.8. The average Bonchev–Trinajstić information content (AvgIpc) is 3.46. The van der Waals surface area contributed by atoms with Crippen LogP contribution in [0.15, 0.2) is 30.9 Å². The molecule has 1 aliphatic heterocycles. The molecule has 5 rings (SSSR count). The molecule has 3 amide bonds. The van der Waals surface area contributed by atoms with Gasteiger partial charge in [-0.2, -0.15) is 0 Å². The number of rotatable bonds is 4. The number of benzene rings is 1. The molecular weight excluding hydrogens is 522 g/mol. The number of anilines is 1. The molecule has 222 valence electrons. The van der Waals surface area contributed by atoms with Gasteiger partial charge in [-0.25, -0.2) is 9.69 Å². The van der Waals surface area contributed by atoms with Crippen molar-refractivity contribution in [3.8, 4) is 0 Å². The fourth-order valence-electron chi connectivity index (χ4n) is 8.47. The molecule has 9 heteroatoms. The van der Waals surface area contributed by atoms with Gasteiger partial charge in [0.1, 0.15) is 11.9 Å². The Morgan fingerprint density at radius 3 is 2.61 bits per heavy atom. The number of nitrogens with one attached hydrogen (secondary N) is 1. The van der Waals surface area contributed by atoms with Crippen molar-refractivity contribution in [2.45, 2.75) is 91.5 Å². The van der Waals surface area contributed by atoms with Crippen LogP contribution in [0, 0.1) is 34.0 Å². The molecule has 0 unspecified atom stereocenters. The number of ketones is 1. The lowest BCUT2D eigenvalue weighted by Crippen LogP contribution is -2.63. The summed E-state index contributed by atoms with van der Waals surface area (Å²) in [4.78, 5) is 54.0. The van der Waals surface area contributed by atoms with Gasteiger partial charge >= 0.3 is 6.09 Å². The number of fused-ring (bicyclic) bond motifs is 1. The Kier molecular flexibility index (Phi) is 7.22. The molecule has 3 fully saturated rings. The zero-order valence-corrected chi connectivity index (χ0v) is 24.7. The number of aliphatic hydroxyl groups excluding tert-OH is 1. The van der Waals surface area contributed by atoms with Crippen LogP contribution in [0.25, 0.3) is 0 Å². The minimum absolute atomic E-state index is 0.0399. The normalized spacial score (nSPS) is 38.8. The molecule has 2 bridgehead atoms. The van der Waals surface area contributed by atoms with Crippen LogP contribution < -0.4 is 11.1 Å². The van der Waals surface area contributed by atoms with E-state index in [1.54, 1.807) is 31.2 Å². The largest absolute Gasteiger partial charge is 0.445 e. The van der Waals surface area contributed by atoms with Crippen molar-refractivity contribution >= 4 is 29.4 Å². The van der Waals surface area contributed by atoms with E-state index in [0.29, 0.717) is 29.7 Å². The molecule has 41 heavy (non-hydrogen) atoms. The van der Waals surface area contributed by atoms with Crippen molar-refractivity contribution in [1.29, 1.82) is 0 Å². The van der Waals surface area contributed by atoms with Crippen molar-refractivity contribution in [1.82, 2.24) is 4.90 Å². The lowest BCUT2D eigenvalue weighted by molar-refractivity contribution is -0.192. The maximum absolute atomic E-state index is 13.8. The molecule has 0 aromatic heterocycles. The lowest BCUT2D eigenvalue weighted by atomic mass is 9.44. The maximum Gasteiger partial charge on any atom is 0.417 e. The minimum atomic E-state index is -0.776. The van der Waals surface area contributed by atoms with E-state index in [1.807, 2.05) is 6.92 Å². The Hall–Kier alpha value is -3.04. The number of ether oxygens (including phenoxy) is 1. The summed E-state index contributed by atoms with van der Waals surface area (Å²) in [6.07, 6.45) is 2.65. The van der Waals surface area contributed by atoms with Crippen LogP contribution in [0.5, 0.6) is 0 Å². The number of nitrogens with two attached hydrogens (primary N) is 1. The summed E-state index contributed by atoms with van der Waals surface area (Å²) in [5, 5.41) is 14.4. The number of hydrogen-bond donors (Lipinski definition) is 3. The quantitative estimate of drug-likeness (QED) is 0.459. The van der Waals surface area contributed by atoms with Crippen LogP contribution >= 0.6 is 0 Å². The molecule has 4 aliphatic rings. The summed E-state index contributed by atoms with van der Waals surface area (Å²) in [6, 6.07) is 4.20. The van der Waals surface area contributed by atoms with Crippen LogP contribution in [0.1, 0.15) is 82.6 Å². The van der Waals surface area contributed by atoms with E-state index >= 15 is 0 Å². The summed E-state index contributed by atoms with van der Waals surface area (Å²) in [5.41, 5.74) is 5.19. The van der Waals surface area contributed by atoms with Crippen LogP contribution in [0.4, 0.5) is 10.5 Å². The Morgan fingerprint density at radius 2 is 1.95 bits per heavy atom. The van der Waals surface area contributed by atoms with Gasteiger partial charge in [-0.3, -0.25) is 14.4 Å². The van der Waals surface area contributed by atoms with Crippen molar-refractivity contribution < 1.29 is 29.0 Å². The van der Waals surface area contributed by atoms with Gasteiger partial charge in [0, 0.05) is 34.4 Å². The Morgan fingerprint density at radius 1 is 1.24 bits per heavy atom. The third-order valence-electron chi connectivity index (χ3n) is 11.4. The molecule has 1 heterocycles. The number of hydrogen-bond acceptors (Lipinski definition) is 7. The zero-order valence-electron chi connectivity index (χ0n) is 24.7. The van der Waals surface area contributed by atoms with Crippen molar-refractivity contribution in [2.75, 3.05) is 5.32 Å². The summed E-state index contributed by atoms with van der Waals surface area (Å²) < 4.78 is 6.30. The van der Waals surface area contributed by atoms with E-state index in [4.69, 9.17) is 10.5 Å².